The van der Waals surface area contributed by atoms with Gasteiger partial charge in [-0.3, -0.25) is 0 Å². The van der Waals surface area contributed by atoms with E-state index in [0.717, 1.165) is 36.7 Å². The molecule has 2 saturated carbocycles. The van der Waals surface area contributed by atoms with Crippen molar-refractivity contribution in [3.63, 3.8) is 0 Å². The van der Waals surface area contributed by atoms with Gasteiger partial charge in [-0.15, -0.1) is 0 Å². The SMILES string of the molecule is CCCCCCCC1CCc2cc(C3CCC4CC(OCCC)CCC4C3)ccc2C1. The molecule has 3 aliphatic carbocycles. The van der Waals surface area contributed by atoms with Gasteiger partial charge in [0.15, 0.2) is 0 Å². The molecule has 0 bridgehead atoms. The highest BCUT2D eigenvalue weighted by molar-refractivity contribution is 5.36. The lowest BCUT2D eigenvalue weighted by molar-refractivity contribution is -0.0147. The zero-order valence-corrected chi connectivity index (χ0v) is 20.5. The van der Waals surface area contributed by atoms with Crippen molar-refractivity contribution in [3.05, 3.63) is 34.9 Å². The van der Waals surface area contributed by atoms with E-state index in [4.69, 9.17) is 4.74 Å². The number of ether oxygens (including phenoxy) is 1. The lowest BCUT2D eigenvalue weighted by Gasteiger charge is -2.42. The number of unbranched alkanes of at least 4 members (excludes halogenated alkanes) is 4. The summed E-state index contributed by atoms with van der Waals surface area (Å²) in [5.41, 5.74) is 5.04. The van der Waals surface area contributed by atoms with Crippen molar-refractivity contribution in [1.29, 1.82) is 0 Å². The second-order valence-corrected chi connectivity index (χ2v) is 11.2. The molecule has 0 aliphatic heterocycles. The molecule has 0 aromatic heterocycles. The molecule has 4 rings (SSSR count). The molecule has 0 spiro atoms. The van der Waals surface area contributed by atoms with Crippen LogP contribution in [0.25, 0.3) is 0 Å². The summed E-state index contributed by atoms with van der Waals surface area (Å²) in [4.78, 5) is 0. The molecule has 0 saturated heterocycles. The number of benzene rings is 1. The van der Waals surface area contributed by atoms with Gasteiger partial charge in [-0.05, 0) is 105 Å². The maximum atomic E-state index is 6.11. The molecule has 0 radical (unpaired) electrons. The van der Waals surface area contributed by atoms with E-state index in [2.05, 4.69) is 32.0 Å². The van der Waals surface area contributed by atoms with Gasteiger partial charge in [0.1, 0.15) is 0 Å². The number of rotatable bonds is 10. The maximum Gasteiger partial charge on any atom is 0.0578 e. The predicted molar refractivity (Wildman–Crippen MR) is 133 cm³/mol. The first-order valence-electron chi connectivity index (χ1n) is 14.0. The lowest BCUT2D eigenvalue weighted by atomic mass is 9.65. The first-order chi connectivity index (χ1) is 15.3. The topological polar surface area (TPSA) is 9.23 Å². The Hall–Kier alpha value is -0.820. The Kier molecular flexibility index (Phi) is 8.94. The smallest absolute Gasteiger partial charge is 0.0578 e. The predicted octanol–water partition coefficient (Wildman–Crippen LogP) is 8.63. The Bertz CT molecular complexity index is 664. The van der Waals surface area contributed by atoms with Crippen LogP contribution in [-0.4, -0.2) is 12.7 Å². The largest absolute Gasteiger partial charge is 0.378 e. The molecule has 2 fully saturated rings. The normalized spacial score (nSPS) is 30.6. The van der Waals surface area contributed by atoms with Gasteiger partial charge < -0.3 is 4.74 Å². The van der Waals surface area contributed by atoms with Crippen LogP contribution in [0, 0.1) is 17.8 Å². The van der Waals surface area contributed by atoms with Crippen LogP contribution in [0.3, 0.4) is 0 Å². The molecule has 3 aliphatic rings. The average Bonchev–Trinajstić information content (AvgIpc) is 2.81. The number of hydrogen-bond acceptors (Lipinski definition) is 1. The van der Waals surface area contributed by atoms with E-state index in [0.29, 0.717) is 6.10 Å². The van der Waals surface area contributed by atoms with Crippen molar-refractivity contribution in [2.24, 2.45) is 17.8 Å². The van der Waals surface area contributed by atoms with Gasteiger partial charge in [-0.1, -0.05) is 70.6 Å². The van der Waals surface area contributed by atoms with Crippen molar-refractivity contribution in [2.75, 3.05) is 6.61 Å². The van der Waals surface area contributed by atoms with Gasteiger partial charge >= 0.3 is 0 Å². The van der Waals surface area contributed by atoms with Crippen molar-refractivity contribution in [2.45, 2.75) is 129 Å². The molecule has 0 heterocycles. The molecule has 5 atom stereocenters. The Balaban J connectivity index is 1.27. The molecule has 1 nitrogen and oxygen atoms in total. The summed E-state index contributed by atoms with van der Waals surface area (Å²) in [6.07, 6.45) is 22.7. The standard InChI is InChI=1S/C30H48O/c1-3-5-6-7-8-9-23-10-11-25-20-26(13-12-24(25)19-23)27-14-15-29-22-30(31-18-4-2)17-16-28(29)21-27/h12-13,20,23,27-30H,3-11,14-19,21-22H2,1-2H3. The lowest BCUT2D eigenvalue weighted by Crippen LogP contribution is -2.34. The van der Waals surface area contributed by atoms with E-state index in [-0.39, 0.29) is 0 Å². The summed E-state index contributed by atoms with van der Waals surface area (Å²) in [5, 5.41) is 0. The zero-order valence-electron chi connectivity index (χ0n) is 20.5. The number of hydrogen-bond donors (Lipinski definition) is 0. The van der Waals surface area contributed by atoms with Crippen LogP contribution in [0.15, 0.2) is 18.2 Å². The van der Waals surface area contributed by atoms with Crippen LogP contribution < -0.4 is 0 Å². The quantitative estimate of drug-likeness (QED) is 0.341. The third kappa shape index (κ3) is 6.37. The molecular formula is C30H48O. The van der Waals surface area contributed by atoms with Crippen molar-refractivity contribution >= 4 is 0 Å². The van der Waals surface area contributed by atoms with E-state index in [1.54, 1.807) is 16.7 Å². The van der Waals surface area contributed by atoms with Crippen molar-refractivity contribution in [1.82, 2.24) is 0 Å². The molecular weight excluding hydrogens is 376 g/mol. The fourth-order valence-electron chi connectivity index (χ4n) is 6.97. The van der Waals surface area contributed by atoms with Crippen LogP contribution in [0.1, 0.15) is 126 Å². The zero-order chi connectivity index (χ0) is 21.5. The second-order valence-electron chi connectivity index (χ2n) is 11.2. The second kappa shape index (κ2) is 11.9. The van der Waals surface area contributed by atoms with Crippen LogP contribution in [0.2, 0.25) is 0 Å². The number of fused-ring (bicyclic) bond motifs is 2. The van der Waals surface area contributed by atoms with Gasteiger partial charge in [0.25, 0.3) is 0 Å². The van der Waals surface area contributed by atoms with Crippen LogP contribution >= 0.6 is 0 Å². The van der Waals surface area contributed by atoms with Crippen LogP contribution in [0.4, 0.5) is 0 Å². The van der Waals surface area contributed by atoms with Gasteiger partial charge in [0.2, 0.25) is 0 Å². The van der Waals surface area contributed by atoms with Crippen LogP contribution in [0.5, 0.6) is 0 Å². The first kappa shape index (κ1) is 23.3. The Morgan fingerprint density at radius 3 is 2.52 bits per heavy atom. The minimum Gasteiger partial charge on any atom is -0.378 e. The Morgan fingerprint density at radius 1 is 0.806 bits per heavy atom. The summed E-state index contributed by atoms with van der Waals surface area (Å²) in [6, 6.07) is 7.67. The van der Waals surface area contributed by atoms with E-state index in [9.17, 15) is 0 Å². The highest BCUT2D eigenvalue weighted by Crippen LogP contribution is 2.47. The van der Waals surface area contributed by atoms with E-state index in [1.807, 2.05) is 0 Å². The molecule has 1 aromatic carbocycles. The third-order valence-corrected chi connectivity index (χ3v) is 8.87. The van der Waals surface area contributed by atoms with Crippen molar-refractivity contribution in [3.8, 4) is 0 Å². The fraction of sp³-hybridized carbons (Fsp3) is 0.800. The van der Waals surface area contributed by atoms with E-state index >= 15 is 0 Å². The molecule has 5 unspecified atom stereocenters. The summed E-state index contributed by atoms with van der Waals surface area (Å²) in [6.45, 7) is 5.50. The van der Waals surface area contributed by atoms with Gasteiger partial charge in [-0.2, -0.15) is 0 Å². The Labute approximate surface area is 192 Å². The minimum atomic E-state index is 0.557. The Morgan fingerprint density at radius 2 is 1.65 bits per heavy atom. The summed E-state index contributed by atoms with van der Waals surface area (Å²) in [7, 11) is 0. The highest BCUT2D eigenvalue weighted by Gasteiger charge is 2.36. The molecule has 1 aromatic rings. The average molecular weight is 425 g/mol. The molecule has 174 valence electrons. The highest BCUT2D eigenvalue weighted by atomic mass is 16.5. The molecule has 0 amide bonds. The van der Waals surface area contributed by atoms with Gasteiger partial charge in [0, 0.05) is 6.61 Å². The first-order valence-corrected chi connectivity index (χ1v) is 14.0. The summed E-state index contributed by atoms with van der Waals surface area (Å²) in [5.74, 6) is 3.65. The molecule has 31 heavy (non-hydrogen) atoms. The minimum absolute atomic E-state index is 0.557. The molecule has 1 heteroatoms. The van der Waals surface area contributed by atoms with Gasteiger partial charge in [-0.25, -0.2) is 0 Å². The molecule has 0 N–H and O–H groups in total. The summed E-state index contributed by atoms with van der Waals surface area (Å²) >= 11 is 0. The fourth-order valence-corrected chi connectivity index (χ4v) is 6.97. The number of aryl methyl sites for hydroxylation is 1. The monoisotopic (exact) mass is 424 g/mol. The summed E-state index contributed by atoms with van der Waals surface area (Å²) < 4.78 is 6.11. The van der Waals surface area contributed by atoms with Crippen LogP contribution in [-0.2, 0) is 17.6 Å². The maximum absolute atomic E-state index is 6.11. The van der Waals surface area contributed by atoms with E-state index < -0.39 is 0 Å². The van der Waals surface area contributed by atoms with E-state index in [1.165, 1.54) is 96.3 Å². The van der Waals surface area contributed by atoms with Gasteiger partial charge in [0.05, 0.1) is 6.10 Å². The third-order valence-electron chi connectivity index (χ3n) is 8.87. The van der Waals surface area contributed by atoms with Crippen molar-refractivity contribution < 1.29 is 4.74 Å².